The van der Waals surface area contributed by atoms with E-state index in [2.05, 4.69) is 30.7 Å². The van der Waals surface area contributed by atoms with Gasteiger partial charge in [0.1, 0.15) is 11.4 Å². The van der Waals surface area contributed by atoms with Gasteiger partial charge in [0.2, 0.25) is 16.8 Å². The molecule has 0 unspecified atom stereocenters. The molecule has 0 aliphatic carbocycles. The first-order valence-electron chi connectivity index (χ1n) is 9.44. The van der Waals surface area contributed by atoms with Crippen LogP contribution in [-0.4, -0.2) is 43.0 Å². The molecule has 158 valence electrons. The third-order valence-corrected chi connectivity index (χ3v) is 5.03. The molecule has 4 rings (SSSR count). The van der Waals surface area contributed by atoms with Crippen LogP contribution in [0.4, 0.5) is 17.5 Å². The van der Waals surface area contributed by atoms with Crippen LogP contribution in [0, 0.1) is 6.92 Å². The smallest absolute Gasteiger partial charge is 0.343 e. The number of ether oxygens (including phenoxy) is 1. The number of hydrogen-bond acceptors (Lipinski definition) is 9. The van der Waals surface area contributed by atoms with Crippen molar-refractivity contribution >= 4 is 45.6 Å². The fourth-order valence-corrected chi connectivity index (χ4v) is 3.72. The van der Waals surface area contributed by atoms with Crippen molar-refractivity contribution < 1.29 is 14.3 Å². The molecule has 0 atom stereocenters. The summed E-state index contributed by atoms with van der Waals surface area (Å²) in [4.78, 5) is 36.9. The zero-order valence-electron chi connectivity index (χ0n) is 17.0. The molecule has 0 aliphatic heterocycles. The number of amides is 1. The van der Waals surface area contributed by atoms with Crippen LogP contribution in [0.1, 0.15) is 30.0 Å². The van der Waals surface area contributed by atoms with Crippen LogP contribution in [0.3, 0.4) is 0 Å². The summed E-state index contributed by atoms with van der Waals surface area (Å²) in [5.41, 5.74) is 2.69. The number of nitrogens with zero attached hydrogens (tertiary/aromatic N) is 5. The minimum Gasteiger partial charge on any atom is -0.462 e. The average molecular weight is 437 g/mol. The van der Waals surface area contributed by atoms with Gasteiger partial charge in [-0.25, -0.2) is 19.3 Å². The maximum absolute atomic E-state index is 12.2. The zero-order valence-corrected chi connectivity index (χ0v) is 17.9. The molecule has 1 aromatic carbocycles. The maximum Gasteiger partial charge on any atom is 0.343 e. The summed E-state index contributed by atoms with van der Waals surface area (Å²) in [7, 11) is 0. The van der Waals surface area contributed by atoms with Gasteiger partial charge in [0, 0.05) is 29.8 Å². The summed E-state index contributed by atoms with van der Waals surface area (Å²) in [5, 5.41) is 12.2. The highest BCUT2D eigenvalue weighted by atomic mass is 32.1. The SMILES string of the molecule is CCOC(=O)c1cnc(C)nc1Nc1nc2scc(-c3ccc(NC(C)=O)cc3)n2n1. The molecule has 31 heavy (non-hydrogen) atoms. The molecule has 0 bridgehead atoms. The lowest BCUT2D eigenvalue weighted by Crippen LogP contribution is -2.11. The number of fused-ring (bicyclic) bond motifs is 1. The van der Waals surface area contributed by atoms with E-state index in [1.54, 1.807) is 18.4 Å². The summed E-state index contributed by atoms with van der Waals surface area (Å²) in [6.07, 6.45) is 1.42. The molecule has 3 heterocycles. The average Bonchev–Trinajstić information content (AvgIpc) is 3.29. The van der Waals surface area contributed by atoms with Crippen LogP contribution < -0.4 is 10.6 Å². The van der Waals surface area contributed by atoms with Crippen molar-refractivity contribution in [3.8, 4) is 11.3 Å². The van der Waals surface area contributed by atoms with E-state index in [-0.39, 0.29) is 23.9 Å². The highest BCUT2D eigenvalue weighted by molar-refractivity contribution is 7.15. The lowest BCUT2D eigenvalue weighted by molar-refractivity contribution is -0.114. The molecule has 4 aromatic rings. The second kappa shape index (κ2) is 8.48. The van der Waals surface area contributed by atoms with Gasteiger partial charge in [0.05, 0.1) is 12.3 Å². The van der Waals surface area contributed by atoms with Crippen molar-refractivity contribution in [2.45, 2.75) is 20.8 Å². The molecule has 2 N–H and O–H groups in total. The van der Waals surface area contributed by atoms with Crippen LogP contribution in [-0.2, 0) is 9.53 Å². The van der Waals surface area contributed by atoms with Gasteiger partial charge in [-0.1, -0.05) is 12.1 Å². The standard InChI is InChI=1S/C20H19N7O3S/c1-4-30-18(29)15-9-21-11(2)22-17(15)24-19-25-20-27(26-19)16(10-31-20)13-5-7-14(8-6-13)23-12(3)28/h5-10H,4H2,1-3H3,(H,23,28)(H,21,22,24,26). The number of rotatable bonds is 6. The van der Waals surface area contributed by atoms with Crippen LogP contribution in [0.2, 0.25) is 0 Å². The number of thiazole rings is 1. The van der Waals surface area contributed by atoms with E-state index in [9.17, 15) is 9.59 Å². The summed E-state index contributed by atoms with van der Waals surface area (Å²) in [6, 6.07) is 7.44. The largest absolute Gasteiger partial charge is 0.462 e. The first-order valence-corrected chi connectivity index (χ1v) is 10.3. The van der Waals surface area contributed by atoms with E-state index < -0.39 is 5.97 Å². The van der Waals surface area contributed by atoms with Crippen LogP contribution in [0.15, 0.2) is 35.8 Å². The van der Waals surface area contributed by atoms with Crippen molar-refractivity contribution in [2.24, 2.45) is 0 Å². The van der Waals surface area contributed by atoms with Crippen LogP contribution in [0.25, 0.3) is 16.2 Å². The molecular weight excluding hydrogens is 418 g/mol. The lowest BCUT2D eigenvalue weighted by atomic mass is 10.1. The number of aryl methyl sites for hydroxylation is 1. The number of carbonyl (C=O) groups excluding carboxylic acids is 2. The normalized spacial score (nSPS) is 10.8. The Bertz CT molecular complexity index is 1260. The zero-order chi connectivity index (χ0) is 22.0. The lowest BCUT2D eigenvalue weighted by Gasteiger charge is -2.08. The van der Waals surface area contributed by atoms with E-state index in [4.69, 9.17) is 4.74 Å². The van der Waals surface area contributed by atoms with Crippen molar-refractivity contribution in [3.05, 3.63) is 47.2 Å². The topological polar surface area (TPSA) is 123 Å². The van der Waals surface area contributed by atoms with E-state index in [0.717, 1.165) is 11.3 Å². The molecular formula is C20H19N7O3S. The number of hydrogen-bond donors (Lipinski definition) is 2. The summed E-state index contributed by atoms with van der Waals surface area (Å²) in [6.45, 7) is 5.17. The third kappa shape index (κ3) is 4.36. The van der Waals surface area contributed by atoms with Crippen molar-refractivity contribution in [1.82, 2.24) is 24.6 Å². The van der Waals surface area contributed by atoms with Gasteiger partial charge in [0.25, 0.3) is 0 Å². The number of anilines is 3. The quantitative estimate of drug-likeness (QED) is 0.440. The predicted octanol–water partition coefficient (Wildman–Crippen LogP) is 3.43. The maximum atomic E-state index is 12.2. The number of esters is 1. The summed E-state index contributed by atoms with van der Waals surface area (Å²) < 4.78 is 6.78. The molecule has 0 radical (unpaired) electrons. The molecule has 3 aromatic heterocycles. The van der Waals surface area contributed by atoms with E-state index >= 15 is 0 Å². The second-order valence-corrected chi connectivity index (χ2v) is 7.37. The minimum atomic E-state index is -0.522. The summed E-state index contributed by atoms with van der Waals surface area (Å²) in [5.74, 6) is 0.430. The highest BCUT2D eigenvalue weighted by Gasteiger charge is 2.18. The first kappa shape index (κ1) is 20.4. The predicted molar refractivity (Wildman–Crippen MR) is 117 cm³/mol. The van der Waals surface area contributed by atoms with Gasteiger partial charge in [-0.2, -0.15) is 4.98 Å². The summed E-state index contributed by atoms with van der Waals surface area (Å²) >= 11 is 1.43. The second-order valence-electron chi connectivity index (χ2n) is 6.53. The molecule has 0 saturated carbocycles. The Labute approximate surface area is 181 Å². The van der Waals surface area contributed by atoms with E-state index in [0.29, 0.717) is 22.4 Å². The van der Waals surface area contributed by atoms with E-state index in [1.807, 2.05) is 29.6 Å². The Morgan fingerprint density at radius 2 is 1.97 bits per heavy atom. The van der Waals surface area contributed by atoms with Gasteiger partial charge in [0.15, 0.2) is 5.82 Å². The van der Waals surface area contributed by atoms with Crippen molar-refractivity contribution in [2.75, 3.05) is 17.2 Å². The molecule has 0 saturated heterocycles. The van der Waals surface area contributed by atoms with Gasteiger partial charge in [-0.15, -0.1) is 16.4 Å². The number of carbonyl (C=O) groups is 2. The first-order chi connectivity index (χ1) is 14.9. The Morgan fingerprint density at radius 3 is 2.68 bits per heavy atom. The monoisotopic (exact) mass is 437 g/mol. The minimum absolute atomic E-state index is 0.125. The molecule has 1 amide bonds. The van der Waals surface area contributed by atoms with Gasteiger partial charge < -0.3 is 15.4 Å². The number of nitrogens with one attached hydrogen (secondary N) is 2. The Hall–Kier alpha value is -3.86. The van der Waals surface area contributed by atoms with Gasteiger partial charge in [-0.05, 0) is 26.0 Å². The molecule has 0 spiro atoms. The fourth-order valence-electron chi connectivity index (χ4n) is 2.89. The highest BCUT2D eigenvalue weighted by Crippen LogP contribution is 2.28. The molecule has 10 nitrogen and oxygen atoms in total. The third-order valence-electron chi connectivity index (χ3n) is 4.22. The molecule has 0 aliphatic rings. The molecule has 11 heteroatoms. The van der Waals surface area contributed by atoms with Gasteiger partial charge in [-0.3, -0.25) is 4.79 Å². The number of benzene rings is 1. The van der Waals surface area contributed by atoms with Crippen LogP contribution >= 0.6 is 11.3 Å². The van der Waals surface area contributed by atoms with Gasteiger partial charge >= 0.3 is 5.97 Å². The Morgan fingerprint density at radius 1 is 1.19 bits per heavy atom. The molecule has 0 fully saturated rings. The van der Waals surface area contributed by atoms with Crippen molar-refractivity contribution in [3.63, 3.8) is 0 Å². The van der Waals surface area contributed by atoms with E-state index in [1.165, 1.54) is 24.5 Å². The number of aromatic nitrogens is 5. The van der Waals surface area contributed by atoms with Crippen molar-refractivity contribution in [1.29, 1.82) is 0 Å². The fraction of sp³-hybridized carbons (Fsp3) is 0.200. The Kier molecular flexibility index (Phi) is 5.58. The Balaban J connectivity index is 1.64. The van der Waals surface area contributed by atoms with Crippen LogP contribution in [0.5, 0.6) is 0 Å².